The standard InChI is InChI=1S/C33H42O6/c1-4-7-10-15-37-22-13-14-23-24(18-22)27-20-29(35)33(39-17-12-9-6-3)32(36)31(27)26-19-28(34)30(21-25(23)26)38-16-11-8-5-2/h13-14,18-21,34-36H,4-12,15-17H2,1-3H3. The van der Waals surface area contributed by atoms with Crippen molar-refractivity contribution in [3.05, 3.63) is 36.4 Å². The molecule has 4 aromatic rings. The van der Waals surface area contributed by atoms with Gasteiger partial charge in [0.05, 0.1) is 19.8 Å². The van der Waals surface area contributed by atoms with Crippen LogP contribution in [0.2, 0.25) is 0 Å². The number of rotatable bonds is 15. The third kappa shape index (κ3) is 6.38. The lowest BCUT2D eigenvalue weighted by molar-refractivity contribution is 0.276. The van der Waals surface area contributed by atoms with Crippen molar-refractivity contribution >= 4 is 32.3 Å². The van der Waals surface area contributed by atoms with Gasteiger partial charge in [0.1, 0.15) is 5.75 Å². The van der Waals surface area contributed by atoms with Crippen LogP contribution < -0.4 is 14.2 Å². The molecule has 0 radical (unpaired) electrons. The number of unbranched alkanes of at least 4 members (excludes halogenated alkanes) is 6. The molecule has 210 valence electrons. The van der Waals surface area contributed by atoms with Gasteiger partial charge in [-0.25, -0.2) is 0 Å². The zero-order valence-electron chi connectivity index (χ0n) is 23.5. The SMILES string of the molecule is CCCCCOc1ccc2c3cc(OCCCCC)c(O)cc3c3c(O)c(OCCCCC)c(O)cc3c2c1. The predicted octanol–water partition coefficient (Wildman–Crippen LogP) is 8.97. The summed E-state index contributed by atoms with van der Waals surface area (Å²) >= 11 is 0. The van der Waals surface area contributed by atoms with E-state index in [2.05, 4.69) is 20.8 Å². The van der Waals surface area contributed by atoms with Gasteiger partial charge in [0, 0.05) is 5.39 Å². The number of hydrogen-bond acceptors (Lipinski definition) is 6. The largest absolute Gasteiger partial charge is 0.504 e. The number of hydrogen-bond donors (Lipinski definition) is 3. The predicted molar refractivity (Wildman–Crippen MR) is 159 cm³/mol. The molecule has 4 aromatic carbocycles. The van der Waals surface area contributed by atoms with Crippen LogP contribution in [0.15, 0.2) is 36.4 Å². The van der Waals surface area contributed by atoms with E-state index in [0.717, 1.165) is 79.7 Å². The zero-order valence-corrected chi connectivity index (χ0v) is 23.5. The molecule has 0 amide bonds. The van der Waals surface area contributed by atoms with Gasteiger partial charge in [-0.3, -0.25) is 0 Å². The lowest BCUT2D eigenvalue weighted by Gasteiger charge is -2.18. The third-order valence-corrected chi connectivity index (χ3v) is 7.19. The normalized spacial score (nSPS) is 11.5. The molecule has 39 heavy (non-hydrogen) atoms. The molecule has 6 nitrogen and oxygen atoms in total. The molecule has 0 aliphatic carbocycles. The molecule has 0 fully saturated rings. The molecule has 0 atom stereocenters. The van der Waals surface area contributed by atoms with Crippen molar-refractivity contribution in [1.82, 2.24) is 0 Å². The van der Waals surface area contributed by atoms with E-state index in [4.69, 9.17) is 14.2 Å². The molecule has 0 heterocycles. The summed E-state index contributed by atoms with van der Waals surface area (Å²) in [5.41, 5.74) is 0. The highest BCUT2D eigenvalue weighted by Gasteiger charge is 2.21. The second-order valence-corrected chi connectivity index (χ2v) is 10.2. The van der Waals surface area contributed by atoms with Crippen LogP contribution in [-0.4, -0.2) is 35.1 Å². The maximum atomic E-state index is 11.4. The smallest absolute Gasteiger partial charge is 0.203 e. The summed E-state index contributed by atoms with van der Waals surface area (Å²) in [5.74, 6) is 0.950. The van der Waals surface area contributed by atoms with Crippen LogP contribution in [0, 0.1) is 0 Å². The van der Waals surface area contributed by atoms with E-state index in [1.807, 2.05) is 24.3 Å². The Balaban J connectivity index is 1.89. The van der Waals surface area contributed by atoms with Crippen molar-refractivity contribution in [3.63, 3.8) is 0 Å². The number of fused-ring (bicyclic) bond motifs is 6. The molecule has 0 aliphatic rings. The fourth-order valence-electron chi connectivity index (χ4n) is 5.05. The average molecular weight is 535 g/mol. The fraction of sp³-hybridized carbons (Fsp3) is 0.455. The first-order valence-electron chi connectivity index (χ1n) is 14.5. The molecular weight excluding hydrogens is 492 g/mol. The Morgan fingerprint density at radius 3 is 1.74 bits per heavy atom. The van der Waals surface area contributed by atoms with Crippen molar-refractivity contribution in [1.29, 1.82) is 0 Å². The highest BCUT2D eigenvalue weighted by Crippen LogP contribution is 2.50. The van der Waals surface area contributed by atoms with Crippen LogP contribution >= 0.6 is 0 Å². The Kier molecular flexibility index (Phi) is 9.85. The molecule has 0 aliphatic heterocycles. The number of benzene rings is 4. The average Bonchev–Trinajstić information content (AvgIpc) is 2.93. The summed E-state index contributed by atoms with van der Waals surface area (Å²) in [6.07, 6.45) is 9.12. The Bertz CT molecular complexity index is 1380. The van der Waals surface area contributed by atoms with Crippen LogP contribution in [0.3, 0.4) is 0 Å². The number of ether oxygens (including phenoxy) is 3. The number of phenolic OH excluding ortho intramolecular Hbond substituents is 3. The van der Waals surface area contributed by atoms with Crippen molar-refractivity contribution in [2.45, 2.75) is 78.6 Å². The van der Waals surface area contributed by atoms with E-state index >= 15 is 0 Å². The van der Waals surface area contributed by atoms with Crippen LogP contribution in [0.4, 0.5) is 0 Å². The number of aromatic hydroxyl groups is 3. The molecule has 0 saturated heterocycles. The van der Waals surface area contributed by atoms with E-state index in [9.17, 15) is 15.3 Å². The van der Waals surface area contributed by atoms with Crippen molar-refractivity contribution in [2.24, 2.45) is 0 Å². The molecular formula is C33H42O6. The molecule has 0 spiro atoms. The van der Waals surface area contributed by atoms with Crippen LogP contribution in [0.5, 0.6) is 34.5 Å². The Hall–Kier alpha value is -3.54. The lowest BCUT2D eigenvalue weighted by Crippen LogP contribution is -1.99. The van der Waals surface area contributed by atoms with E-state index in [1.165, 1.54) is 0 Å². The summed E-state index contributed by atoms with van der Waals surface area (Å²) in [5, 5.41) is 37.6. The van der Waals surface area contributed by atoms with Gasteiger partial charge in [-0.2, -0.15) is 0 Å². The highest BCUT2D eigenvalue weighted by atomic mass is 16.5. The van der Waals surface area contributed by atoms with Crippen molar-refractivity contribution < 1.29 is 29.5 Å². The fourth-order valence-corrected chi connectivity index (χ4v) is 5.05. The summed E-state index contributed by atoms with van der Waals surface area (Å²) in [4.78, 5) is 0. The van der Waals surface area contributed by atoms with Gasteiger partial charge in [-0.05, 0) is 76.5 Å². The van der Waals surface area contributed by atoms with Gasteiger partial charge in [-0.1, -0.05) is 65.4 Å². The minimum atomic E-state index is -0.140. The first-order chi connectivity index (χ1) is 19.0. The minimum Gasteiger partial charge on any atom is -0.504 e. The minimum absolute atomic E-state index is 0.00779. The topological polar surface area (TPSA) is 88.4 Å². The summed E-state index contributed by atoms with van der Waals surface area (Å²) < 4.78 is 17.9. The van der Waals surface area contributed by atoms with E-state index in [0.29, 0.717) is 41.7 Å². The molecule has 3 N–H and O–H groups in total. The van der Waals surface area contributed by atoms with Gasteiger partial charge in [0.15, 0.2) is 23.0 Å². The van der Waals surface area contributed by atoms with Crippen molar-refractivity contribution in [2.75, 3.05) is 19.8 Å². The van der Waals surface area contributed by atoms with Crippen LogP contribution in [0.25, 0.3) is 32.3 Å². The zero-order chi connectivity index (χ0) is 27.8. The van der Waals surface area contributed by atoms with Gasteiger partial charge < -0.3 is 29.5 Å². The first-order valence-corrected chi connectivity index (χ1v) is 14.5. The second-order valence-electron chi connectivity index (χ2n) is 10.2. The first kappa shape index (κ1) is 28.5. The van der Waals surface area contributed by atoms with E-state index in [-0.39, 0.29) is 23.0 Å². The highest BCUT2D eigenvalue weighted by molar-refractivity contribution is 6.28. The van der Waals surface area contributed by atoms with Gasteiger partial charge in [-0.15, -0.1) is 0 Å². The molecule has 6 heteroatoms. The van der Waals surface area contributed by atoms with Crippen LogP contribution in [0.1, 0.15) is 78.6 Å². The maximum Gasteiger partial charge on any atom is 0.203 e. The van der Waals surface area contributed by atoms with Gasteiger partial charge in [0.25, 0.3) is 0 Å². The number of phenols is 3. The molecule has 0 unspecified atom stereocenters. The third-order valence-electron chi connectivity index (χ3n) is 7.19. The summed E-state index contributed by atoms with van der Waals surface area (Å²) in [6.45, 7) is 7.94. The molecule has 4 rings (SSSR count). The quantitative estimate of drug-likeness (QED) is 0.104. The van der Waals surface area contributed by atoms with E-state index < -0.39 is 0 Å². The maximum absolute atomic E-state index is 11.4. The molecule has 0 aromatic heterocycles. The lowest BCUT2D eigenvalue weighted by atomic mass is 9.92. The Morgan fingerprint density at radius 1 is 0.538 bits per heavy atom. The Morgan fingerprint density at radius 2 is 1.10 bits per heavy atom. The molecule has 0 bridgehead atoms. The van der Waals surface area contributed by atoms with Crippen molar-refractivity contribution in [3.8, 4) is 34.5 Å². The monoisotopic (exact) mass is 534 g/mol. The Labute approximate surface area is 231 Å². The van der Waals surface area contributed by atoms with Gasteiger partial charge in [0.2, 0.25) is 5.75 Å². The molecule has 0 saturated carbocycles. The van der Waals surface area contributed by atoms with Crippen LogP contribution in [-0.2, 0) is 0 Å². The summed E-state index contributed by atoms with van der Waals surface area (Å²) in [6, 6.07) is 11.0. The summed E-state index contributed by atoms with van der Waals surface area (Å²) in [7, 11) is 0. The van der Waals surface area contributed by atoms with Gasteiger partial charge >= 0.3 is 0 Å². The van der Waals surface area contributed by atoms with E-state index in [1.54, 1.807) is 12.1 Å². The second kappa shape index (κ2) is 13.5.